The Kier molecular flexibility index (Phi) is 5.51. The number of hydrogen-bond donors (Lipinski definition) is 2. The minimum Gasteiger partial charge on any atom is -0.389 e. The molecule has 1 amide bonds. The first-order chi connectivity index (χ1) is 9.56. The number of rotatable bonds is 8. The van der Waals surface area contributed by atoms with Crippen LogP contribution in [0.5, 0.6) is 0 Å². The third-order valence-electron chi connectivity index (χ3n) is 3.10. The number of amides is 1. The van der Waals surface area contributed by atoms with Gasteiger partial charge in [0.15, 0.2) is 0 Å². The van der Waals surface area contributed by atoms with Crippen LogP contribution >= 0.6 is 11.3 Å². The van der Waals surface area contributed by atoms with Gasteiger partial charge in [-0.25, -0.2) is 4.98 Å². The van der Waals surface area contributed by atoms with Crippen LogP contribution < -0.4 is 5.32 Å². The number of carbonyl (C=O) groups is 1. The van der Waals surface area contributed by atoms with Crippen LogP contribution in [0.1, 0.15) is 47.3 Å². The molecule has 1 aliphatic rings. The first kappa shape index (κ1) is 15.4. The second kappa shape index (κ2) is 7.15. The fourth-order valence-corrected chi connectivity index (χ4v) is 2.51. The average Bonchev–Trinajstić information content (AvgIpc) is 3.08. The number of carbonyl (C=O) groups excluding carboxylic acids is 1. The smallest absolute Gasteiger partial charge is 0.263 e. The Morgan fingerprint density at radius 2 is 2.35 bits per heavy atom. The maximum Gasteiger partial charge on any atom is 0.263 e. The van der Waals surface area contributed by atoms with Gasteiger partial charge in [0.05, 0.1) is 23.9 Å². The molecule has 0 saturated heterocycles. The van der Waals surface area contributed by atoms with Crippen molar-refractivity contribution < 1.29 is 14.6 Å². The van der Waals surface area contributed by atoms with Crippen molar-refractivity contribution in [2.75, 3.05) is 19.8 Å². The molecule has 1 unspecified atom stereocenters. The van der Waals surface area contributed by atoms with Gasteiger partial charge >= 0.3 is 0 Å². The molecule has 0 bridgehead atoms. The van der Waals surface area contributed by atoms with E-state index in [1.165, 1.54) is 24.2 Å². The molecule has 5 nitrogen and oxygen atoms in total. The van der Waals surface area contributed by atoms with Crippen molar-refractivity contribution in [3.8, 4) is 0 Å². The summed E-state index contributed by atoms with van der Waals surface area (Å²) in [4.78, 5) is 16.7. The highest BCUT2D eigenvalue weighted by molar-refractivity contribution is 7.13. The standard InChI is InChI=1S/C14H22N2O3S/c1-9(2)14-16-6-12(20-14)13(18)15-5-11(17)8-19-7-10-3-4-10/h6,9-11,17H,3-5,7-8H2,1-2H3,(H,15,18). The van der Waals surface area contributed by atoms with Crippen LogP contribution in [0, 0.1) is 5.92 Å². The monoisotopic (exact) mass is 298 g/mol. The summed E-state index contributed by atoms with van der Waals surface area (Å²) in [6.07, 6.45) is 3.40. The number of thiazole rings is 1. The van der Waals surface area contributed by atoms with Crippen LogP contribution in [0.25, 0.3) is 0 Å². The van der Waals surface area contributed by atoms with E-state index in [-0.39, 0.29) is 19.1 Å². The first-order valence-corrected chi connectivity index (χ1v) is 7.87. The van der Waals surface area contributed by atoms with E-state index in [0.717, 1.165) is 11.6 Å². The fourth-order valence-electron chi connectivity index (χ4n) is 1.67. The van der Waals surface area contributed by atoms with E-state index in [1.54, 1.807) is 6.20 Å². The van der Waals surface area contributed by atoms with Crippen molar-refractivity contribution in [2.24, 2.45) is 5.92 Å². The predicted molar refractivity (Wildman–Crippen MR) is 78.1 cm³/mol. The number of nitrogens with zero attached hydrogens (tertiary/aromatic N) is 1. The van der Waals surface area contributed by atoms with E-state index < -0.39 is 6.10 Å². The van der Waals surface area contributed by atoms with Crippen molar-refractivity contribution in [1.29, 1.82) is 0 Å². The van der Waals surface area contributed by atoms with Crippen molar-refractivity contribution >= 4 is 17.2 Å². The topological polar surface area (TPSA) is 71.5 Å². The minimum absolute atomic E-state index is 0.185. The summed E-state index contributed by atoms with van der Waals surface area (Å²) < 4.78 is 5.38. The molecule has 0 aromatic carbocycles. The van der Waals surface area contributed by atoms with E-state index in [9.17, 15) is 9.90 Å². The van der Waals surface area contributed by atoms with Gasteiger partial charge in [-0.2, -0.15) is 0 Å². The third kappa shape index (κ3) is 4.85. The highest BCUT2D eigenvalue weighted by atomic mass is 32.1. The van der Waals surface area contributed by atoms with Crippen molar-refractivity contribution in [3.05, 3.63) is 16.1 Å². The van der Waals surface area contributed by atoms with Gasteiger partial charge in [-0.1, -0.05) is 13.8 Å². The zero-order valence-corrected chi connectivity index (χ0v) is 12.8. The van der Waals surface area contributed by atoms with E-state index in [4.69, 9.17) is 4.74 Å². The second-order valence-corrected chi connectivity index (χ2v) is 6.62. The maximum absolute atomic E-state index is 11.9. The third-order valence-corrected chi connectivity index (χ3v) is 4.40. The number of aliphatic hydroxyl groups is 1. The van der Waals surface area contributed by atoms with Gasteiger partial charge < -0.3 is 15.2 Å². The second-order valence-electron chi connectivity index (χ2n) is 5.56. The molecule has 1 aromatic rings. The fraction of sp³-hybridized carbons (Fsp3) is 0.714. The Hall–Kier alpha value is -0.980. The summed E-state index contributed by atoms with van der Waals surface area (Å²) in [5.41, 5.74) is 0. The molecule has 112 valence electrons. The van der Waals surface area contributed by atoms with Crippen LogP contribution in [0.15, 0.2) is 6.20 Å². The van der Waals surface area contributed by atoms with Crippen LogP contribution in [0.3, 0.4) is 0 Å². The molecular formula is C14H22N2O3S. The summed E-state index contributed by atoms with van der Waals surface area (Å²) in [6.45, 7) is 5.29. The molecule has 1 atom stereocenters. The van der Waals surface area contributed by atoms with Gasteiger partial charge in [0.25, 0.3) is 5.91 Å². The molecule has 0 aliphatic heterocycles. The SMILES string of the molecule is CC(C)c1ncc(C(=O)NCC(O)COCC2CC2)s1. The van der Waals surface area contributed by atoms with E-state index >= 15 is 0 Å². The lowest BCUT2D eigenvalue weighted by Gasteiger charge is -2.11. The molecule has 1 saturated carbocycles. The summed E-state index contributed by atoms with van der Waals surface area (Å²) in [6, 6.07) is 0. The number of aliphatic hydroxyl groups excluding tert-OH is 1. The molecule has 6 heteroatoms. The highest BCUT2D eigenvalue weighted by Crippen LogP contribution is 2.28. The lowest BCUT2D eigenvalue weighted by molar-refractivity contribution is 0.0321. The van der Waals surface area contributed by atoms with Crippen LogP contribution in [0.4, 0.5) is 0 Å². The summed E-state index contributed by atoms with van der Waals surface area (Å²) >= 11 is 1.39. The average molecular weight is 298 g/mol. The van der Waals surface area contributed by atoms with Crippen molar-refractivity contribution in [2.45, 2.75) is 38.7 Å². The highest BCUT2D eigenvalue weighted by Gasteiger charge is 2.21. The molecule has 1 aromatic heterocycles. The normalized spacial score (nSPS) is 16.4. The molecule has 1 fully saturated rings. The van der Waals surface area contributed by atoms with Gasteiger partial charge in [0.2, 0.25) is 0 Å². The van der Waals surface area contributed by atoms with E-state index in [1.807, 2.05) is 13.8 Å². The van der Waals surface area contributed by atoms with E-state index in [2.05, 4.69) is 10.3 Å². The van der Waals surface area contributed by atoms with Crippen LogP contribution in [0.2, 0.25) is 0 Å². The van der Waals surface area contributed by atoms with Crippen molar-refractivity contribution in [3.63, 3.8) is 0 Å². The Morgan fingerprint density at radius 1 is 1.60 bits per heavy atom. The lowest BCUT2D eigenvalue weighted by Crippen LogP contribution is -2.34. The predicted octanol–water partition coefficient (Wildman–Crippen LogP) is 1.78. The van der Waals surface area contributed by atoms with E-state index in [0.29, 0.717) is 16.7 Å². The van der Waals surface area contributed by atoms with Gasteiger partial charge in [-0.05, 0) is 18.8 Å². The minimum atomic E-state index is -0.657. The molecule has 2 rings (SSSR count). The van der Waals surface area contributed by atoms with Gasteiger partial charge in [0.1, 0.15) is 4.88 Å². The maximum atomic E-state index is 11.9. The number of ether oxygens (including phenoxy) is 1. The largest absolute Gasteiger partial charge is 0.389 e. The molecule has 2 N–H and O–H groups in total. The Morgan fingerprint density at radius 3 is 2.95 bits per heavy atom. The van der Waals surface area contributed by atoms with Crippen LogP contribution in [-0.2, 0) is 4.74 Å². The molecule has 0 spiro atoms. The lowest BCUT2D eigenvalue weighted by atomic mass is 10.2. The zero-order chi connectivity index (χ0) is 14.5. The quantitative estimate of drug-likeness (QED) is 0.767. The Balaban J connectivity index is 1.67. The number of nitrogens with one attached hydrogen (secondary N) is 1. The van der Waals surface area contributed by atoms with Crippen LogP contribution in [-0.4, -0.2) is 41.9 Å². The molecule has 0 radical (unpaired) electrons. The van der Waals surface area contributed by atoms with Gasteiger partial charge in [-0.15, -0.1) is 11.3 Å². The zero-order valence-electron chi connectivity index (χ0n) is 12.0. The van der Waals surface area contributed by atoms with Gasteiger partial charge in [0, 0.05) is 19.1 Å². The molecular weight excluding hydrogens is 276 g/mol. The Labute approximate surface area is 123 Å². The Bertz CT molecular complexity index is 443. The molecule has 1 aliphatic carbocycles. The van der Waals surface area contributed by atoms with Gasteiger partial charge in [-0.3, -0.25) is 4.79 Å². The molecule has 20 heavy (non-hydrogen) atoms. The number of hydrogen-bond acceptors (Lipinski definition) is 5. The summed E-state index contributed by atoms with van der Waals surface area (Å²) in [7, 11) is 0. The summed E-state index contributed by atoms with van der Waals surface area (Å²) in [5, 5.41) is 13.4. The molecule has 1 heterocycles. The first-order valence-electron chi connectivity index (χ1n) is 7.06. The number of aromatic nitrogens is 1. The summed E-state index contributed by atoms with van der Waals surface area (Å²) in [5.74, 6) is 0.821. The van der Waals surface area contributed by atoms with Crippen molar-refractivity contribution in [1.82, 2.24) is 10.3 Å².